The number of anilines is 1. The van der Waals surface area contributed by atoms with E-state index in [9.17, 15) is 0 Å². The molecule has 2 atom stereocenters. The number of ether oxygens (including phenoxy) is 1. The maximum Gasteiger partial charge on any atom is 0.0723 e. The van der Waals surface area contributed by atoms with E-state index in [1.165, 1.54) is 11.3 Å². The molecule has 0 spiro atoms. The molecule has 0 aliphatic carbocycles. The summed E-state index contributed by atoms with van der Waals surface area (Å²) in [5.41, 5.74) is 2.56. The van der Waals surface area contributed by atoms with Gasteiger partial charge in [-0.15, -0.1) is 0 Å². The second-order valence-corrected chi connectivity index (χ2v) is 6.17. The third kappa shape index (κ3) is 3.93. The van der Waals surface area contributed by atoms with Crippen molar-refractivity contribution in [2.24, 2.45) is 5.92 Å². The SMILES string of the molecule is CC(C)CNCc1ccncc1N1CC(C)OCC1C. The van der Waals surface area contributed by atoms with Crippen molar-refractivity contribution in [3.05, 3.63) is 24.0 Å². The van der Waals surface area contributed by atoms with Gasteiger partial charge in [0.2, 0.25) is 0 Å². The Balaban J connectivity index is 2.10. The Morgan fingerprint density at radius 1 is 1.45 bits per heavy atom. The van der Waals surface area contributed by atoms with Crippen LogP contribution in [0, 0.1) is 5.92 Å². The molecule has 2 unspecified atom stereocenters. The minimum atomic E-state index is 0.280. The number of pyridine rings is 1. The molecule has 1 fully saturated rings. The molecule has 4 nitrogen and oxygen atoms in total. The first-order valence-electron chi connectivity index (χ1n) is 7.59. The van der Waals surface area contributed by atoms with Gasteiger partial charge in [-0.05, 0) is 37.9 Å². The van der Waals surface area contributed by atoms with Crippen LogP contribution in [0.5, 0.6) is 0 Å². The number of rotatable bonds is 5. The predicted octanol–water partition coefficient (Wildman–Crippen LogP) is 2.44. The standard InChI is InChI=1S/C16H27N3O/c1-12(2)7-18-8-15-5-6-17-9-16(15)19-10-14(4)20-11-13(19)3/h5-6,9,12-14,18H,7-8,10-11H2,1-4H3. The monoisotopic (exact) mass is 277 g/mol. The first-order chi connectivity index (χ1) is 9.58. The Morgan fingerprint density at radius 2 is 2.25 bits per heavy atom. The van der Waals surface area contributed by atoms with E-state index in [-0.39, 0.29) is 6.10 Å². The molecule has 0 radical (unpaired) electrons. The van der Waals surface area contributed by atoms with E-state index in [4.69, 9.17) is 4.74 Å². The molecule has 0 amide bonds. The van der Waals surface area contributed by atoms with Gasteiger partial charge >= 0.3 is 0 Å². The normalized spacial score (nSPS) is 23.4. The van der Waals surface area contributed by atoms with Gasteiger partial charge in [0.1, 0.15) is 0 Å². The molecule has 2 rings (SSSR count). The number of nitrogens with one attached hydrogen (secondary N) is 1. The Labute approximate surface area is 122 Å². The molecule has 1 aromatic heterocycles. The van der Waals surface area contributed by atoms with Crippen molar-refractivity contribution in [1.29, 1.82) is 0 Å². The van der Waals surface area contributed by atoms with Gasteiger partial charge in [-0.25, -0.2) is 0 Å². The van der Waals surface area contributed by atoms with E-state index < -0.39 is 0 Å². The molecule has 2 heterocycles. The van der Waals surface area contributed by atoms with E-state index in [1.54, 1.807) is 0 Å². The molecule has 112 valence electrons. The number of aromatic nitrogens is 1. The summed E-state index contributed by atoms with van der Waals surface area (Å²) in [7, 11) is 0. The number of nitrogens with zero attached hydrogens (tertiary/aromatic N) is 2. The summed E-state index contributed by atoms with van der Waals surface area (Å²) in [6, 6.07) is 2.52. The molecule has 1 aliphatic rings. The third-order valence-corrected chi connectivity index (χ3v) is 3.67. The predicted molar refractivity (Wildman–Crippen MR) is 83.0 cm³/mol. The summed E-state index contributed by atoms with van der Waals surface area (Å²) >= 11 is 0. The van der Waals surface area contributed by atoms with Crippen LogP contribution in [0.25, 0.3) is 0 Å². The van der Waals surface area contributed by atoms with Gasteiger partial charge in [-0.3, -0.25) is 4.98 Å². The summed E-state index contributed by atoms with van der Waals surface area (Å²) in [5.74, 6) is 0.669. The van der Waals surface area contributed by atoms with E-state index in [0.29, 0.717) is 12.0 Å². The minimum absolute atomic E-state index is 0.280. The van der Waals surface area contributed by atoms with E-state index in [2.05, 4.69) is 49.0 Å². The van der Waals surface area contributed by atoms with Crippen molar-refractivity contribution in [1.82, 2.24) is 10.3 Å². The lowest BCUT2D eigenvalue weighted by Crippen LogP contribution is -2.48. The van der Waals surface area contributed by atoms with Gasteiger partial charge in [0.15, 0.2) is 0 Å². The zero-order chi connectivity index (χ0) is 14.5. The highest BCUT2D eigenvalue weighted by molar-refractivity contribution is 5.53. The number of hydrogen-bond acceptors (Lipinski definition) is 4. The average molecular weight is 277 g/mol. The van der Waals surface area contributed by atoms with Crippen LogP contribution in [0.4, 0.5) is 5.69 Å². The highest BCUT2D eigenvalue weighted by atomic mass is 16.5. The lowest BCUT2D eigenvalue weighted by molar-refractivity contribution is 0.0343. The number of hydrogen-bond donors (Lipinski definition) is 1. The molecule has 1 aliphatic heterocycles. The fourth-order valence-corrected chi connectivity index (χ4v) is 2.56. The van der Waals surface area contributed by atoms with Crippen LogP contribution in [0.15, 0.2) is 18.5 Å². The smallest absolute Gasteiger partial charge is 0.0723 e. The van der Waals surface area contributed by atoms with Gasteiger partial charge in [-0.1, -0.05) is 13.8 Å². The van der Waals surface area contributed by atoms with Crippen LogP contribution in [0.3, 0.4) is 0 Å². The molecular weight excluding hydrogens is 250 g/mol. The zero-order valence-electron chi connectivity index (χ0n) is 13.1. The Bertz CT molecular complexity index is 422. The molecule has 1 saturated heterocycles. The molecule has 4 heteroatoms. The average Bonchev–Trinajstić information content (AvgIpc) is 2.42. The van der Waals surface area contributed by atoms with E-state index in [0.717, 1.165) is 26.2 Å². The summed E-state index contributed by atoms with van der Waals surface area (Å²) < 4.78 is 5.72. The fourth-order valence-electron chi connectivity index (χ4n) is 2.56. The molecular formula is C16H27N3O. The second-order valence-electron chi connectivity index (χ2n) is 6.17. The van der Waals surface area contributed by atoms with Gasteiger partial charge < -0.3 is 15.0 Å². The summed E-state index contributed by atoms with van der Waals surface area (Å²) in [6.07, 6.45) is 4.15. The van der Waals surface area contributed by atoms with E-state index >= 15 is 0 Å². The largest absolute Gasteiger partial charge is 0.375 e. The topological polar surface area (TPSA) is 37.4 Å². The van der Waals surface area contributed by atoms with Crippen molar-refractivity contribution < 1.29 is 4.74 Å². The van der Waals surface area contributed by atoms with Crippen LogP contribution in [0.2, 0.25) is 0 Å². The maximum absolute atomic E-state index is 5.72. The minimum Gasteiger partial charge on any atom is -0.375 e. The summed E-state index contributed by atoms with van der Waals surface area (Å²) in [5, 5.41) is 3.52. The molecule has 1 aromatic rings. The van der Waals surface area contributed by atoms with Crippen molar-refractivity contribution >= 4 is 5.69 Å². The first-order valence-corrected chi connectivity index (χ1v) is 7.59. The Hall–Kier alpha value is -1.13. The first kappa shape index (κ1) is 15.3. The Kier molecular flexibility index (Phi) is 5.38. The van der Waals surface area contributed by atoms with Crippen LogP contribution in [-0.2, 0) is 11.3 Å². The van der Waals surface area contributed by atoms with Gasteiger partial charge in [0.05, 0.1) is 24.6 Å². The highest BCUT2D eigenvalue weighted by Crippen LogP contribution is 2.24. The summed E-state index contributed by atoms with van der Waals surface area (Å²) in [6.45, 7) is 12.5. The molecule has 0 aromatic carbocycles. The molecule has 0 saturated carbocycles. The van der Waals surface area contributed by atoms with Gasteiger partial charge in [-0.2, -0.15) is 0 Å². The second kappa shape index (κ2) is 7.04. The fraction of sp³-hybridized carbons (Fsp3) is 0.688. The zero-order valence-corrected chi connectivity index (χ0v) is 13.1. The lowest BCUT2D eigenvalue weighted by Gasteiger charge is -2.39. The molecule has 0 bridgehead atoms. The maximum atomic E-state index is 5.72. The van der Waals surface area contributed by atoms with Crippen molar-refractivity contribution in [2.45, 2.75) is 46.4 Å². The van der Waals surface area contributed by atoms with Crippen molar-refractivity contribution in [3.63, 3.8) is 0 Å². The lowest BCUT2D eigenvalue weighted by atomic mass is 10.1. The Morgan fingerprint density at radius 3 is 3.00 bits per heavy atom. The van der Waals surface area contributed by atoms with Crippen molar-refractivity contribution in [2.75, 3.05) is 24.6 Å². The number of morpholine rings is 1. The highest BCUT2D eigenvalue weighted by Gasteiger charge is 2.25. The quantitative estimate of drug-likeness (QED) is 0.897. The summed E-state index contributed by atoms with van der Waals surface area (Å²) in [4.78, 5) is 6.74. The molecule has 20 heavy (non-hydrogen) atoms. The van der Waals surface area contributed by atoms with Gasteiger partial charge in [0, 0.05) is 25.3 Å². The van der Waals surface area contributed by atoms with Crippen LogP contribution >= 0.6 is 0 Å². The van der Waals surface area contributed by atoms with Crippen LogP contribution in [-0.4, -0.2) is 36.8 Å². The van der Waals surface area contributed by atoms with E-state index in [1.807, 2.05) is 12.4 Å². The third-order valence-electron chi connectivity index (χ3n) is 3.67. The molecule has 1 N–H and O–H groups in total. The van der Waals surface area contributed by atoms with Crippen LogP contribution < -0.4 is 10.2 Å². The van der Waals surface area contributed by atoms with Crippen molar-refractivity contribution in [3.8, 4) is 0 Å². The van der Waals surface area contributed by atoms with Crippen LogP contribution in [0.1, 0.15) is 33.3 Å². The van der Waals surface area contributed by atoms with Gasteiger partial charge in [0.25, 0.3) is 0 Å².